The zero-order valence-corrected chi connectivity index (χ0v) is 16.0. The van der Waals surface area contributed by atoms with Gasteiger partial charge in [0.05, 0.1) is 24.5 Å². The van der Waals surface area contributed by atoms with E-state index in [-0.39, 0.29) is 24.8 Å². The van der Waals surface area contributed by atoms with Crippen LogP contribution in [0.25, 0.3) is 6.08 Å². The monoisotopic (exact) mass is 379 g/mol. The van der Waals surface area contributed by atoms with Gasteiger partial charge in [-0.25, -0.2) is 0 Å². The van der Waals surface area contributed by atoms with Gasteiger partial charge in [-0.3, -0.25) is 14.5 Å². The Morgan fingerprint density at radius 2 is 2.08 bits per heavy atom. The molecule has 1 fully saturated rings. The van der Waals surface area contributed by atoms with Gasteiger partial charge in [0.1, 0.15) is 10.1 Å². The van der Waals surface area contributed by atoms with Crippen LogP contribution in [0.15, 0.2) is 29.2 Å². The van der Waals surface area contributed by atoms with Crippen LogP contribution in [-0.2, 0) is 14.3 Å². The van der Waals surface area contributed by atoms with Crippen molar-refractivity contribution in [2.24, 2.45) is 0 Å². The Balaban J connectivity index is 2.06. The van der Waals surface area contributed by atoms with Crippen LogP contribution >= 0.6 is 24.0 Å². The predicted octanol–water partition coefficient (Wildman–Crippen LogP) is 3.63. The molecule has 0 aliphatic carbocycles. The SMILES string of the molecule is CCCOC(=O)CCN1C(=O)/C(=C/c2ccccc2OCC)SC1=S. The molecule has 0 bridgehead atoms. The van der Waals surface area contributed by atoms with Crippen molar-refractivity contribution in [2.75, 3.05) is 19.8 Å². The summed E-state index contributed by atoms with van der Waals surface area (Å²) in [4.78, 5) is 26.2. The topological polar surface area (TPSA) is 55.8 Å². The third-order valence-electron chi connectivity index (χ3n) is 3.39. The van der Waals surface area contributed by atoms with Gasteiger partial charge in [0.15, 0.2) is 0 Å². The fraction of sp³-hybridized carbons (Fsp3) is 0.389. The predicted molar refractivity (Wildman–Crippen MR) is 103 cm³/mol. The fourth-order valence-corrected chi connectivity index (χ4v) is 3.51. The Hall–Kier alpha value is -1.86. The number of para-hydroxylation sites is 1. The van der Waals surface area contributed by atoms with E-state index in [1.54, 1.807) is 6.08 Å². The Labute approximate surface area is 157 Å². The van der Waals surface area contributed by atoms with Crippen molar-refractivity contribution in [2.45, 2.75) is 26.7 Å². The van der Waals surface area contributed by atoms with E-state index >= 15 is 0 Å². The zero-order chi connectivity index (χ0) is 18.2. The molecule has 0 saturated carbocycles. The highest BCUT2D eigenvalue weighted by Gasteiger charge is 2.32. The number of carbonyl (C=O) groups excluding carboxylic acids is 2. The molecule has 0 atom stereocenters. The molecule has 1 aliphatic rings. The fourth-order valence-electron chi connectivity index (χ4n) is 2.21. The van der Waals surface area contributed by atoms with E-state index in [9.17, 15) is 9.59 Å². The first-order chi connectivity index (χ1) is 12.1. The molecule has 5 nitrogen and oxygen atoms in total. The van der Waals surface area contributed by atoms with Gasteiger partial charge >= 0.3 is 5.97 Å². The van der Waals surface area contributed by atoms with Crippen LogP contribution < -0.4 is 4.74 Å². The Bertz CT molecular complexity index is 687. The number of rotatable bonds is 8. The Morgan fingerprint density at radius 3 is 2.80 bits per heavy atom. The van der Waals surface area contributed by atoms with Gasteiger partial charge in [-0.15, -0.1) is 0 Å². The number of thioether (sulfide) groups is 1. The van der Waals surface area contributed by atoms with Crippen molar-refractivity contribution in [3.8, 4) is 5.75 Å². The lowest BCUT2D eigenvalue weighted by atomic mass is 10.2. The molecule has 1 amide bonds. The van der Waals surface area contributed by atoms with Crippen LogP contribution in [0.3, 0.4) is 0 Å². The van der Waals surface area contributed by atoms with Crippen LogP contribution in [-0.4, -0.2) is 40.9 Å². The molecule has 1 aromatic carbocycles. The van der Waals surface area contributed by atoms with E-state index in [2.05, 4.69) is 0 Å². The molecule has 0 unspecified atom stereocenters. The standard InChI is InChI=1S/C18H21NO4S2/c1-3-11-23-16(20)9-10-19-17(21)15(25-18(19)24)12-13-7-5-6-8-14(13)22-4-2/h5-8,12H,3-4,9-11H2,1-2H3/b15-12-. The summed E-state index contributed by atoms with van der Waals surface area (Å²) in [6.07, 6.45) is 2.68. The zero-order valence-electron chi connectivity index (χ0n) is 14.3. The molecule has 1 saturated heterocycles. The van der Waals surface area contributed by atoms with Gasteiger partial charge in [0.2, 0.25) is 0 Å². The lowest BCUT2D eigenvalue weighted by molar-refractivity contribution is -0.143. The van der Waals surface area contributed by atoms with Crippen LogP contribution in [0.2, 0.25) is 0 Å². The highest BCUT2D eigenvalue weighted by atomic mass is 32.2. The summed E-state index contributed by atoms with van der Waals surface area (Å²) in [5.74, 6) is 0.213. The van der Waals surface area contributed by atoms with Crippen molar-refractivity contribution in [1.82, 2.24) is 4.90 Å². The van der Waals surface area contributed by atoms with Crippen molar-refractivity contribution in [3.63, 3.8) is 0 Å². The van der Waals surface area contributed by atoms with Gasteiger partial charge in [0, 0.05) is 12.1 Å². The number of nitrogens with zero attached hydrogens (tertiary/aromatic N) is 1. The molecular weight excluding hydrogens is 358 g/mol. The second-order valence-corrected chi connectivity index (χ2v) is 6.95. The first kappa shape index (κ1) is 19.5. The molecule has 25 heavy (non-hydrogen) atoms. The molecule has 0 N–H and O–H groups in total. The summed E-state index contributed by atoms with van der Waals surface area (Å²) in [6.45, 7) is 5.02. The number of carbonyl (C=O) groups is 2. The number of thiocarbonyl (C=S) groups is 1. The normalized spacial score (nSPS) is 15.8. The minimum Gasteiger partial charge on any atom is -0.493 e. The van der Waals surface area contributed by atoms with E-state index in [1.807, 2.05) is 38.1 Å². The lowest BCUT2D eigenvalue weighted by Crippen LogP contribution is -2.30. The van der Waals surface area contributed by atoms with E-state index in [4.69, 9.17) is 21.7 Å². The molecule has 1 heterocycles. The number of hydrogen-bond acceptors (Lipinski definition) is 6. The average molecular weight is 380 g/mol. The van der Waals surface area contributed by atoms with Crippen molar-refractivity contribution < 1.29 is 19.1 Å². The second-order valence-electron chi connectivity index (χ2n) is 5.27. The molecule has 0 spiro atoms. The molecule has 2 rings (SSSR count). The van der Waals surface area contributed by atoms with Crippen molar-refractivity contribution >= 4 is 46.3 Å². The highest BCUT2D eigenvalue weighted by molar-refractivity contribution is 8.26. The molecule has 7 heteroatoms. The van der Waals surface area contributed by atoms with Crippen LogP contribution in [0.4, 0.5) is 0 Å². The number of amides is 1. The highest BCUT2D eigenvalue weighted by Crippen LogP contribution is 2.34. The van der Waals surface area contributed by atoms with Gasteiger partial charge in [-0.2, -0.15) is 0 Å². The van der Waals surface area contributed by atoms with E-state index < -0.39 is 0 Å². The molecular formula is C18H21NO4S2. The van der Waals surface area contributed by atoms with Gasteiger partial charge < -0.3 is 9.47 Å². The maximum atomic E-state index is 12.6. The molecule has 0 radical (unpaired) electrons. The van der Waals surface area contributed by atoms with Gasteiger partial charge in [-0.1, -0.05) is 49.1 Å². The van der Waals surface area contributed by atoms with Gasteiger partial charge in [-0.05, 0) is 25.5 Å². The molecule has 1 aromatic rings. The summed E-state index contributed by atoms with van der Waals surface area (Å²) < 4.78 is 11.1. The number of hydrogen-bond donors (Lipinski definition) is 0. The molecule has 1 aliphatic heterocycles. The summed E-state index contributed by atoms with van der Waals surface area (Å²) in [5, 5.41) is 0. The molecule has 0 aromatic heterocycles. The summed E-state index contributed by atoms with van der Waals surface area (Å²) in [5.41, 5.74) is 0.826. The maximum Gasteiger partial charge on any atom is 0.307 e. The number of esters is 1. The van der Waals surface area contributed by atoms with Crippen LogP contribution in [0.5, 0.6) is 5.75 Å². The largest absolute Gasteiger partial charge is 0.493 e. The summed E-state index contributed by atoms with van der Waals surface area (Å²) in [7, 11) is 0. The van der Waals surface area contributed by atoms with Gasteiger partial charge in [0.25, 0.3) is 5.91 Å². The summed E-state index contributed by atoms with van der Waals surface area (Å²) >= 11 is 6.51. The third-order valence-corrected chi connectivity index (χ3v) is 4.76. The maximum absolute atomic E-state index is 12.6. The number of benzene rings is 1. The Morgan fingerprint density at radius 1 is 1.32 bits per heavy atom. The number of ether oxygens (including phenoxy) is 2. The van der Waals surface area contributed by atoms with Crippen LogP contribution in [0.1, 0.15) is 32.3 Å². The quantitative estimate of drug-likeness (QED) is 0.391. The first-order valence-corrected chi connectivity index (χ1v) is 9.42. The van der Waals surface area contributed by atoms with E-state index in [1.165, 1.54) is 16.7 Å². The second kappa shape index (κ2) is 9.58. The third kappa shape index (κ3) is 5.31. The minimum atomic E-state index is -0.318. The lowest BCUT2D eigenvalue weighted by Gasteiger charge is -2.13. The van der Waals surface area contributed by atoms with Crippen LogP contribution in [0, 0.1) is 0 Å². The Kier molecular flexibility index (Phi) is 7.46. The summed E-state index contributed by atoms with van der Waals surface area (Å²) in [6, 6.07) is 7.52. The average Bonchev–Trinajstić information content (AvgIpc) is 2.86. The van der Waals surface area contributed by atoms with E-state index in [0.717, 1.165) is 17.7 Å². The molecule has 134 valence electrons. The van der Waals surface area contributed by atoms with Crippen molar-refractivity contribution in [1.29, 1.82) is 0 Å². The first-order valence-electron chi connectivity index (χ1n) is 8.19. The smallest absolute Gasteiger partial charge is 0.307 e. The van der Waals surface area contributed by atoms with E-state index in [0.29, 0.717) is 22.4 Å². The van der Waals surface area contributed by atoms with Crippen molar-refractivity contribution in [3.05, 3.63) is 34.7 Å². The minimum absolute atomic E-state index is 0.134.